The number of hydrogen-bond donors (Lipinski definition) is 0. The van der Waals surface area contributed by atoms with E-state index in [0.717, 1.165) is 17.1 Å². The highest BCUT2D eigenvalue weighted by Gasteiger charge is 2.40. The van der Waals surface area contributed by atoms with Crippen LogP contribution in [0.25, 0.3) is 11.0 Å². The molecule has 0 amide bonds. The van der Waals surface area contributed by atoms with Crippen molar-refractivity contribution in [3.8, 4) is 0 Å². The van der Waals surface area contributed by atoms with Crippen LogP contribution in [0.15, 0.2) is 24.3 Å². The van der Waals surface area contributed by atoms with E-state index in [1.54, 1.807) is 14.2 Å². The monoisotopic (exact) mass is 237 g/mol. The van der Waals surface area contributed by atoms with Crippen molar-refractivity contribution in [1.29, 1.82) is 0 Å². The average Bonchev–Trinajstić information content (AvgIpc) is 2.77. The molecule has 0 N–H and O–H groups in total. The fourth-order valence-electron chi connectivity index (χ4n) is 1.82. The molecule has 0 atom stereocenters. The van der Waals surface area contributed by atoms with Crippen LogP contribution in [0.4, 0.5) is 0 Å². The lowest BCUT2D eigenvalue weighted by Gasteiger charge is -2.25. The maximum Gasteiger partial charge on any atom is 0.481 e. The van der Waals surface area contributed by atoms with Crippen LogP contribution in [-0.4, -0.2) is 37.6 Å². The van der Waals surface area contributed by atoms with Crippen LogP contribution in [0.1, 0.15) is 6.92 Å². The summed E-state index contributed by atoms with van der Waals surface area (Å²) in [4.78, 5) is 0. The second-order valence-electron chi connectivity index (χ2n) is 3.46. The maximum atomic E-state index is 5.57. The lowest BCUT2D eigenvalue weighted by atomic mass is 10.3. The number of para-hydroxylation sites is 1. The zero-order valence-electron chi connectivity index (χ0n) is 9.67. The predicted octanol–water partition coefficient (Wildman–Crippen LogP) is 1.53. The molecule has 0 aliphatic heterocycles. The van der Waals surface area contributed by atoms with Gasteiger partial charge in [0.2, 0.25) is 0 Å². The van der Waals surface area contributed by atoms with Crippen LogP contribution in [0, 0.1) is 0 Å². The van der Waals surface area contributed by atoms with Gasteiger partial charge >= 0.3 is 8.72 Å². The number of benzene rings is 1. The molecule has 5 nitrogen and oxygen atoms in total. The van der Waals surface area contributed by atoms with Crippen molar-refractivity contribution in [2.24, 2.45) is 0 Å². The molecule has 0 unspecified atom stereocenters. The minimum absolute atomic E-state index is 0.785. The SMILES string of the molecule is CC[Si](OC)(OC)n1nnc2ccccc21. The van der Waals surface area contributed by atoms with Gasteiger partial charge in [-0.15, -0.1) is 5.10 Å². The molecule has 2 rings (SSSR count). The summed E-state index contributed by atoms with van der Waals surface area (Å²) in [5.74, 6) is 0. The smallest absolute Gasteiger partial charge is 0.381 e. The maximum absolute atomic E-state index is 5.57. The lowest BCUT2D eigenvalue weighted by Crippen LogP contribution is -2.48. The summed E-state index contributed by atoms with van der Waals surface area (Å²) in [6.45, 7) is 2.04. The van der Waals surface area contributed by atoms with Crippen molar-refractivity contribution in [3.05, 3.63) is 24.3 Å². The Kier molecular flexibility index (Phi) is 3.04. The third-order valence-electron chi connectivity index (χ3n) is 2.76. The van der Waals surface area contributed by atoms with E-state index in [1.165, 1.54) is 0 Å². The van der Waals surface area contributed by atoms with Gasteiger partial charge in [-0.2, -0.15) is 0 Å². The van der Waals surface area contributed by atoms with Gasteiger partial charge in [0.05, 0.1) is 5.52 Å². The molecule has 1 heterocycles. The highest BCUT2D eigenvalue weighted by Crippen LogP contribution is 2.19. The lowest BCUT2D eigenvalue weighted by molar-refractivity contribution is 0.227. The summed E-state index contributed by atoms with van der Waals surface area (Å²) in [6, 6.07) is 8.59. The second-order valence-corrected chi connectivity index (χ2v) is 6.84. The van der Waals surface area contributed by atoms with Crippen molar-refractivity contribution in [1.82, 2.24) is 14.7 Å². The Balaban J connectivity index is 2.61. The standard InChI is InChI=1S/C10H15N3O2Si/c1-4-16(14-2,15-3)13-10-8-6-5-7-9(10)11-12-13/h5-8H,4H2,1-3H3. The first-order valence-corrected chi connectivity index (χ1v) is 7.15. The molecular weight excluding hydrogens is 222 g/mol. The molecule has 0 aliphatic carbocycles. The average molecular weight is 237 g/mol. The molecular formula is C10H15N3O2Si. The molecule has 0 radical (unpaired) electrons. The first-order valence-electron chi connectivity index (χ1n) is 5.18. The van der Waals surface area contributed by atoms with E-state index in [2.05, 4.69) is 10.3 Å². The molecule has 1 aromatic carbocycles. The van der Waals surface area contributed by atoms with Crippen LogP contribution in [0.5, 0.6) is 0 Å². The third kappa shape index (κ3) is 1.55. The largest absolute Gasteiger partial charge is 0.481 e. The molecule has 2 aromatic rings. The van der Waals surface area contributed by atoms with Gasteiger partial charge in [0.15, 0.2) is 0 Å². The first kappa shape index (κ1) is 11.2. The molecule has 0 fully saturated rings. The second kappa shape index (κ2) is 4.32. The van der Waals surface area contributed by atoms with Crippen LogP contribution in [0.2, 0.25) is 6.04 Å². The molecule has 0 spiro atoms. The summed E-state index contributed by atoms with van der Waals surface area (Å²) < 4.78 is 12.9. The summed E-state index contributed by atoms with van der Waals surface area (Å²) in [6.07, 6.45) is 0. The first-order chi connectivity index (χ1) is 7.77. The van der Waals surface area contributed by atoms with E-state index >= 15 is 0 Å². The number of aromatic nitrogens is 3. The molecule has 0 saturated carbocycles. The van der Waals surface area contributed by atoms with Crippen molar-refractivity contribution in [2.45, 2.75) is 13.0 Å². The summed E-state index contributed by atoms with van der Waals surface area (Å²) in [5, 5.41) is 8.27. The molecule has 16 heavy (non-hydrogen) atoms. The predicted molar refractivity (Wildman–Crippen MR) is 63.2 cm³/mol. The van der Waals surface area contributed by atoms with Crippen LogP contribution in [-0.2, 0) is 8.85 Å². The molecule has 0 aliphatic rings. The van der Waals surface area contributed by atoms with Gasteiger partial charge in [-0.1, -0.05) is 24.3 Å². The van der Waals surface area contributed by atoms with E-state index in [4.69, 9.17) is 8.85 Å². The van der Waals surface area contributed by atoms with Gasteiger partial charge < -0.3 is 8.85 Å². The van der Waals surface area contributed by atoms with Crippen molar-refractivity contribution in [2.75, 3.05) is 14.2 Å². The van der Waals surface area contributed by atoms with E-state index in [-0.39, 0.29) is 0 Å². The quantitative estimate of drug-likeness (QED) is 0.757. The summed E-state index contributed by atoms with van der Waals surface area (Å²) in [5.41, 5.74) is 1.82. The van der Waals surface area contributed by atoms with Crippen molar-refractivity contribution >= 4 is 19.8 Å². The number of rotatable bonds is 4. The Morgan fingerprint density at radius 3 is 2.56 bits per heavy atom. The van der Waals surface area contributed by atoms with Gasteiger partial charge in [-0.3, -0.25) is 0 Å². The van der Waals surface area contributed by atoms with Crippen LogP contribution in [0.3, 0.4) is 0 Å². The van der Waals surface area contributed by atoms with Gasteiger partial charge in [-0.25, -0.2) is 4.35 Å². The fraction of sp³-hybridized carbons (Fsp3) is 0.400. The summed E-state index contributed by atoms with van der Waals surface area (Å²) >= 11 is 0. The zero-order chi connectivity index (χ0) is 11.6. The van der Waals surface area contributed by atoms with Gasteiger partial charge in [0.25, 0.3) is 0 Å². The van der Waals surface area contributed by atoms with Crippen molar-refractivity contribution < 1.29 is 8.85 Å². The van der Waals surface area contributed by atoms with Gasteiger partial charge in [0.1, 0.15) is 5.52 Å². The third-order valence-corrected chi connectivity index (χ3v) is 5.90. The van der Waals surface area contributed by atoms with Crippen LogP contribution < -0.4 is 0 Å². The van der Waals surface area contributed by atoms with Gasteiger partial charge in [-0.05, 0) is 12.1 Å². The fourth-order valence-corrected chi connectivity index (χ4v) is 3.94. The van der Waals surface area contributed by atoms with Crippen molar-refractivity contribution in [3.63, 3.8) is 0 Å². The van der Waals surface area contributed by atoms with E-state index in [0.29, 0.717) is 0 Å². The Morgan fingerprint density at radius 1 is 1.25 bits per heavy atom. The molecule has 6 heteroatoms. The highest BCUT2D eigenvalue weighted by molar-refractivity contribution is 6.66. The van der Waals surface area contributed by atoms with Gasteiger partial charge in [0, 0.05) is 20.3 Å². The minimum Gasteiger partial charge on any atom is -0.381 e. The van der Waals surface area contributed by atoms with E-state index < -0.39 is 8.72 Å². The number of fused-ring (bicyclic) bond motifs is 1. The highest BCUT2D eigenvalue weighted by atomic mass is 28.4. The summed E-state index contributed by atoms with van der Waals surface area (Å²) in [7, 11) is 0.862. The molecule has 86 valence electrons. The molecule has 0 bridgehead atoms. The topological polar surface area (TPSA) is 49.2 Å². The number of hydrogen-bond acceptors (Lipinski definition) is 4. The van der Waals surface area contributed by atoms with E-state index in [9.17, 15) is 0 Å². The Labute approximate surface area is 95.3 Å². The Morgan fingerprint density at radius 2 is 1.94 bits per heavy atom. The zero-order valence-corrected chi connectivity index (χ0v) is 10.7. The Bertz CT molecular complexity index is 473. The molecule has 1 aromatic heterocycles. The van der Waals surface area contributed by atoms with Crippen LogP contribution >= 0.6 is 0 Å². The Hall–Kier alpha value is -1.24. The normalized spacial score (nSPS) is 12.2. The molecule has 0 saturated heterocycles. The number of nitrogens with zero attached hydrogens (tertiary/aromatic N) is 3. The minimum atomic E-state index is -2.46. The van der Waals surface area contributed by atoms with E-state index in [1.807, 2.05) is 35.5 Å².